The number of rotatable bonds is 5. The number of oxime groups is 1. The topological polar surface area (TPSA) is 57.1 Å². The number of ether oxygens (including phenoxy) is 2. The Bertz CT molecular complexity index is 640. The number of aryl methyl sites for hydroxylation is 1. The first kappa shape index (κ1) is 18.2. The fourth-order valence-electron chi connectivity index (χ4n) is 1.83. The molecule has 0 aliphatic carbocycles. The number of esters is 1. The number of para-hydroxylation sites is 1. The summed E-state index contributed by atoms with van der Waals surface area (Å²) in [6.45, 7) is 5.34. The zero-order valence-corrected chi connectivity index (χ0v) is 13.6. The Morgan fingerprint density at radius 2 is 1.70 bits per heavy atom. The van der Waals surface area contributed by atoms with Crippen LogP contribution in [0.2, 0.25) is 0 Å². The average Bonchev–Trinajstić information content (AvgIpc) is 2.61. The van der Waals surface area contributed by atoms with Gasteiger partial charge in [0.05, 0.1) is 12.7 Å². The van der Waals surface area contributed by atoms with E-state index in [1.807, 2.05) is 49.4 Å². The quantitative estimate of drug-likeness (QED) is 0.480. The Kier molecular flexibility index (Phi) is 7.92. The van der Waals surface area contributed by atoms with Crippen molar-refractivity contribution in [2.45, 2.75) is 13.5 Å². The van der Waals surface area contributed by atoms with Gasteiger partial charge in [0.2, 0.25) is 0 Å². The fourth-order valence-corrected chi connectivity index (χ4v) is 1.83. The molecule has 0 atom stereocenters. The van der Waals surface area contributed by atoms with Crippen molar-refractivity contribution >= 4 is 12.7 Å². The second-order valence-corrected chi connectivity index (χ2v) is 4.51. The highest BCUT2D eigenvalue weighted by Gasteiger charge is 2.11. The lowest BCUT2D eigenvalue weighted by Gasteiger charge is -2.11. The van der Waals surface area contributed by atoms with Gasteiger partial charge in [-0.05, 0) is 24.6 Å². The van der Waals surface area contributed by atoms with Crippen LogP contribution in [0.1, 0.15) is 21.5 Å². The molecule has 0 unspecified atom stereocenters. The van der Waals surface area contributed by atoms with Crippen LogP contribution in [0.4, 0.5) is 0 Å². The van der Waals surface area contributed by atoms with E-state index in [1.165, 1.54) is 14.2 Å². The lowest BCUT2D eigenvalue weighted by molar-refractivity contribution is 0.0597. The molecule has 0 bridgehead atoms. The van der Waals surface area contributed by atoms with Crippen molar-refractivity contribution in [1.82, 2.24) is 0 Å². The van der Waals surface area contributed by atoms with E-state index in [0.29, 0.717) is 12.2 Å². The number of carbonyl (C=O) groups is 1. The van der Waals surface area contributed by atoms with Crippen LogP contribution in [-0.4, -0.2) is 26.9 Å². The summed E-state index contributed by atoms with van der Waals surface area (Å²) in [5, 5.41) is 2.99. The molecule has 0 saturated heterocycles. The van der Waals surface area contributed by atoms with Crippen molar-refractivity contribution in [2.75, 3.05) is 14.2 Å². The maximum Gasteiger partial charge on any atom is 0.338 e. The molecular formula is C18H21NO4. The first-order valence-electron chi connectivity index (χ1n) is 6.97. The van der Waals surface area contributed by atoms with Gasteiger partial charge >= 0.3 is 5.97 Å². The highest BCUT2D eigenvalue weighted by Crippen LogP contribution is 2.19. The average molecular weight is 315 g/mol. The van der Waals surface area contributed by atoms with Gasteiger partial charge in [-0.3, -0.25) is 0 Å². The molecule has 122 valence electrons. The maximum absolute atomic E-state index is 11.6. The summed E-state index contributed by atoms with van der Waals surface area (Å²) in [6.07, 6.45) is 0. The number of methoxy groups -OCH3 is 1. The largest absolute Gasteiger partial charge is 0.489 e. The van der Waals surface area contributed by atoms with Crippen LogP contribution in [0.5, 0.6) is 5.75 Å². The molecule has 0 fully saturated rings. The number of benzene rings is 2. The van der Waals surface area contributed by atoms with E-state index in [1.54, 1.807) is 6.07 Å². The van der Waals surface area contributed by atoms with Gasteiger partial charge in [0, 0.05) is 12.3 Å². The fraction of sp³-hybridized carbons (Fsp3) is 0.222. The molecule has 23 heavy (non-hydrogen) atoms. The molecule has 0 aliphatic rings. The molecule has 0 N–H and O–H groups in total. The predicted molar refractivity (Wildman–Crippen MR) is 89.9 cm³/mol. The number of hydrogen-bond acceptors (Lipinski definition) is 5. The van der Waals surface area contributed by atoms with Gasteiger partial charge in [-0.1, -0.05) is 36.4 Å². The zero-order valence-electron chi connectivity index (χ0n) is 13.6. The van der Waals surface area contributed by atoms with Gasteiger partial charge in [0.25, 0.3) is 0 Å². The van der Waals surface area contributed by atoms with Crippen LogP contribution in [0.3, 0.4) is 0 Å². The molecule has 0 aromatic heterocycles. The van der Waals surface area contributed by atoms with Crippen LogP contribution < -0.4 is 4.74 Å². The maximum atomic E-state index is 11.6. The van der Waals surface area contributed by atoms with Gasteiger partial charge in [0.1, 0.15) is 19.5 Å². The highest BCUT2D eigenvalue weighted by atomic mass is 16.6. The molecular weight excluding hydrogens is 294 g/mol. The summed E-state index contributed by atoms with van der Waals surface area (Å²) in [6, 6.07) is 15.1. The van der Waals surface area contributed by atoms with Crippen molar-refractivity contribution in [3.63, 3.8) is 0 Å². The third-order valence-corrected chi connectivity index (χ3v) is 3.03. The van der Waals surface area contributed by atoms with Crippen molar-refractivity contribution in [3.05, 3.63) is 65.2 Å². The van der Waals surface area contributed by atoms with E-state index in [9.17, 15) is 4.79 Å². The molecule has 5 nitrogen and oxygen atoms in total. The summed E-state index contributed by atoms with van der Waals surface area (Å²) in [5.41, 5.74) is 2.43. The van der Waals surface area contributed by atoms with E-state index in [2.05, 4.69) is 16.7 Å². The minimum atomic E-state index is -0.344. The second-order valence-electron chi connectivity index (χ2n) is 4.51. The molecule has 5 heteroatoms. The highest BCUT2D eigenvalue weighted by molar-refractivity contribution is 5.90. The predicted octanol–water partition coefficient (Wildman–Crippen LogP) is 3.61. The molecule has 0 saturated carbocycles. The van der Waals surface area contributed by atoms with E-state index in [4.69, 9.17) is 9.47 Å². The molecule has 2 aromatic rings. The van der Waals surface area contributed by atoms with Crippen LogP contribution in [0.15, 0.2) is 53.7 Å². The Morgan fingerprint density at radius 3 is 2.30 bits per heavy atom. The van der Waals surface area contributed by atoms with Gasteiger partial charge in [-0.2, -0.15) is 0 Å². The monoisotopic (exact) mass is 315 g/mol. The minimum Gasteiger partial charge on any atom is -0.489 e. The Hall–Kier alpha value is -2.82. The van der Waals surface area contributed by atoms with Crippen LogP contribution in [0.25, 0.3) is 0 Å². The van der Waals surface area contributed by atoms with Crippen molar-refractivity contribution in [2.24, 2.45) is 5.16 Å². The van der Waals surface area contributed by atoms with Crippen molar-refractivity contribution in [1.29, 1.82) is 0 Å². The molecule has 2 rings (SSSR count). The van der Waals surface area contributed by atoms with Crippen molar-refractivity contribution in [3.8, 4) is 5.75 Å². The number of carbonyl (C=O) groups excluding carboxylic acids is 1. The van der Waals surface area contributed by atoms with Crippen LogP contribution in [-0.2, 0) is 16.2 Å². The minimum absolute atomic E-state index is 0.343. The first-order chi connectivity index (χ1) is 11.1. The number of nitrogens with zero attached hydrogens (tertiary/aromatic N) is 1. The molecule has 0 radical (unpaired) electrons. The smallest absolute Gasteiger partial charge is 0.338 e. The van der Waals surface area contributed by atoms with E-state index in [-0.39, 0.29) is 5.97 Å². The summed E-state index contributed by atoms with van der Waals surface area (Å²) >= 11 is 0. The summed E-state index contributed by atoms with van der Waals surface area (Å²) in [4.78, 5) is 15.7. The molecule has 0 spiro atoms. The van der Waals surface area contributed by atoms with Crippen LogP contribution in [0, 0.1) is 6.92 Å². The molecule has 0 amide bonds. The summed E-state index contributed by atoms with van der Waals surface area (Å²) < 4.78 is 10.5. The van der Waals surface area contributed by atoms with Gasteiger partial charge < -0.3 is 14.3 Å². The Morgan fingerprint density at radius 1 is 1.09 bits per heavy atom. The first-order valence-corrected chi connectivity index (χ1v) is 6.97. The lowest BCUT2D eigenvalue weighted by atomic mass is 10.1. The SMILES string of the molecule is C=NOC.COC(=O)c1ccccc1COc1ccccc1C. The van der Waals surface area contributed by atoms with E-state index >= 15 is 0 Å². The third-order valence-electron chi connectivity index (χ3n) is 3.03. The number of hydrogen-bond donors (Lipinski definition) is 0. The van der Waals surface area contributed by atoms with Gasteiger partial charge in [-0.25, -0.2) is 4.79 Å². The van der Waals surface area contributed by atoms with E-state index < -0.39 is 0 Å². The molecule has 0 heterocycles. The summed E-state index contributed by atoms with van der Waals surface area (Å²) in [7, 11) is 2.83. The van der Waals surface area contributed by atoms with Crippen LogP contribution >= 0.6 is 0 Å². The Labute approximate surface area is 136 Å². The third kappa shape index (κ3) is 5.82. The van der Waals surface area contributed by atoms with Crippen molar-refractivity contribution < 1.29 is 19.1 Å². The van der Waals surface area contributed by atoms with Gasteiger partial charge in [-0.15, -0.1) is 5.16 Å². The second kappa shape index (κ2) is 10.00. The lowest BCUT2D eigenvalue weighted by Crippen LogP contribution is -2.08. The normalized spacial score (nSPS) is 9.17. The van der Waals surface area contributed by atoms with E-state index in [0.717, 1.165) is 16.9 Å². The standard InChI is InChI=1S/C16H16O3.C2H5NO/c1-12-7-3-6-10-15(12)19-11-13-8-4-5-9-14(13)16(17)18-2;1-3-4-2/h3-10H,11H2,1-2H3;1H2,2H3. The van der Waals surface area contributed by atoms with Gasteiger partial charge in [0.15, 0.2) is 0 Å². The molecule has 2 aromatic carbocycles. The summed E-state index contributed by atoms with van der Waals surface area (Å²) in [5.74, 6) is 0.478. The zero-order chi connectivity index (χ0) is 17.1. The molecule has 0 aliphatic heterocycles. The Balaban J connectivity index is 0.000000593.